The van der Waals surface area contributed by atoms with Crippen LogP contribution in [0, 0.1) is 0 Å². The summed E-state index contributed by atoms with van der Waals surface area (Å²) in [5.41, 5.74) is 4.01. The third-order valence-electron chi connectivity index (χ3n) is 7.75. The Morgan fingerprint density at radius 3 is 2.50 bits per heavy atom. The van der Waals surface area contributed by atoms with Gasteiger partial charge in [0.05, 0.1) is 17.7 Å². The molecule has 0 spiro atoms. The van der Waals surface area contributed by atoms with E-state index in [-0.39, 0.29) is 18.5 Å². The quantitative estimate of drug-likeness (QED) is 0.337. The summed E-state index contributed by atoms with van der Waals surface area (Å²) >= 11 is 0. The third-order valence-corrected chi connectivity index (χ3v) is 7.75. The lowest BCUT2D eigenvalue weighted by Gasteiger charge is -2.35. The van der Waals surface area contributed by atoms with Crippen LogP contribution in [-0.2, 0) is 12.8 Å². The second-order valence-corrected chi connectivity index (χ2v) is 10.5. The van der Waals surface area contributed by atoms with Gasteiger partial charge in [0.1, 0.15) is 17.6 Å². The van der Waals surface area contributed by atoms with E-state index in [1.165, 1.54) is 6.07 Å². The van der Waals surface area contributed by atoms with Gasteiger partial charge < -0.3 is 25.0 Å². The number of halogens is 3. The van der Waals surface area contributed by atoms with E-state index in [1.807, 2.05) is 24.0 Å². The monoisotopic (exact) mass is 553 g/mol. The Bertz CT molecular complexity index is 1670. The third kappa shape index (κ3) is 4.61. The molecule has 0 aliphatic carbocycles. The SMILES string of the molecule is CCN1C[C@H](O)Cc2cc3c(cc21)Oc1cc2c(cc1=C3c1ccccc1C(=O)O)C[C@H](O)C[N+]=2CC(F)(F)F. The average molecular weight is 554 g/mol. The molecule has 3 heterocycles. The fourth-order valence-corrected chi connectivity index (χ4v) is 6.15. The topological polar surface area (TPSA) is 93.2 Å². The summed E-state index contributed by atoms with van der Waals surface area (Å²) in [7, 11) is 0. The predicted octanol–water partition coefficient (Wildman–Crippen LogP) is 2.45. The van der Waals surface area contributed by atoms with E-state index in [1.54, 1.807) is 30.3 Å². The fourth-order valence-electron chi connectivity index (χ4n) is 6.15. The van der Waals surface area contributed by atoms with Crippen LogP contribution in [-0.4, -0.2) is 65.9 Å². The van der Waals surface area contributed by atoms with Crippen molar-refractivity contribution in [3.8, 4) is 11.5 Å². The van der Waals surface area contributed by atoms with E-state index in [2.05, 4.69) is 0 Å². The van der Waals surface area contributed by atoms with Gasteiger partial charge in [-0.25, -0.2) is 9.37 Å². The first-order valence-electron chi connectivity index (χ1n) is 13.2. The molecule has 0 amide bonds. The number of hydrogen-bond donors (Lipinski definition) is 3. The standard InChI is InChI=1S/C30H27F3N2O5/c1-2-34-13-18(36)7-16-9-22-26(11-24(16)34)40-27-12-25-17(8-19(37)14-35(25)15-30(31,32)33)10-23(27)28(22)20-5-3-4-6-21(20)29(38)39/h3-6,9-12,18-19,36-37H,2,7-8,13-15H2,1H3/p+1/t18-,19+/m1/s1. The zero-order valence-corrected chi connectivity index (χ0v) is 21.7. The van der Waals surface area contributed by atoms with Crippen molar-refractivity contribution in [1.82, 2.24) is 4.58 Å². The molecule has 3 N–H and O–H groups in total. The molecule has 10 heteroatoms. The summed E-state index contributed by atoms with van der Waals surface area (Å²) in [4.78, 5) is 14.3. The Hall–Kier alpha value is -3.89. The zero-order chi connectivity index (χ0) is 28.3. The van der Waals surface area contributed by atoms with Gasteiger partial charge in [0.2, 0.25) is 11.9 Å². The van der Waals surface area contributed by atoms with Crippen molar-refractivity contribution in [2.75, 3.05) is 31.1 Å². The molecular weight excluding hydrogens is 525 g/mol. The highest BCUT2D eigenvalue weighted by Crippen LogP contribution is 2.42. The average Bonchev–Trinajstić information content (AvgIpc) is 2.88. The largest absolute Gasteiger partial charge is 0.478 e. The lowest BCUT2D eigenvalue weighted by Crippen LogP contribution is -2.48. The number of fused-ring (bicyclic) bond motifs is 4. The summed E-state index contributed by atoms with van der Waals surface area (Å²) in [6.07, 6.45) is -5.46. The smallest absolute Gasteiger partial charge is 0.448 e. The van der Waals surface area contributed by atoms with Crippen LogP contribution in [0.5, 0.6) is 11.5 Å². The number of anilines is 1. The predicted molar refractivity (Wildman–Crippen MR) is 142 cm³/mol. The summed E-state index contributed by atoms with van der Waals surface area (Å²) in [6.45, 7) is 1.71. The van der Waals surface area contributed by atoms with E-state index >= 15 is 0 Å². The zero-order valence-electron chi connectivity index (χ0n) is 21.7. The van der Waals surface area contributed by atoms with Crippen molar-refractivity contribution in [3.05, 3.63) is 86.9 Å². The Balaban J connectivity index is 1.69. The van der Waals surface area contributed by atoms with E-state index in [4.69, 9.17) is 4.74 Å². The van der Waals surface area contributed by atoms with Gasteiger partial charge in [-0.3, -0.25) is 0 Å². The molecule has 7 nitrogen and oxygen atoms in total. The molecule has 0 saturated carbocycles. The maximum absolute atomic E-state index is 13.4. The highest BCUT2D eigenvalue weighted by molar-refractivity contribution is 5.98. The fraction of sp³-hybridized carbons (Fsp3) is 0.333. The molecule has 3 aliphatic heterocycles. The molecule has 6 rings (SSSR count). The van der Waals surface area contributed by atoms with Gasteiger partial charge in [-0.1, -0.05) is 18.2 Å². The first kappa shape index (κ1) is 26.3. The molecule has 2 atom stereocenters. The minimum atomic E-state index is -4.47. The number of aromatic carboxylic acids is 1. The van der Waals surface area contributed by atoms with Crippen molar-refractivity contribution in [3.63, 3.8) is 0 Å². The van der Waals surface area contributed by atoms with Gasteiger partial charge in [-0.2, -0.15) is 13.2 Å². The van der Waals surface area contributed by atoms with Gasteiger partial charge in [-0.15, -0.1) is 0 Å². The number of carboxylic acids is 1. The minimum absolute atomic E-state index is 0.0701. The molecule has 40 heavy (non-hydrogen) atoms. The van der Waals surface area contributed by atoms with Crippen LogP contribution < -0.4 is 24.8 Å². The number of aliphatic hydroxyl groups excluding tert-OH is 2. The lowest BCUT2D eigenvalue weighted by atomic mass is 9.86. The molecule has 0 saturated heterocycles. The van der Waals surface area contributed by atoms with Gasteiger partial charge in [0.25, 0.3) is 0 Å². The summed E-state index contributed by atoms with van der Waals surface area (Å²) < 4.78 is 47.7. The molecule has 0 aromatic heterocycles. The first-order valence-corrected chi connectivity index (χ1v) is 13.2. The van der Waals surface area contributed by atoms with Crippen LogP contribution in [0.2, 0.25) is 0 Å². The number of aliphatic hydroxyl groups is 2. The molecule has 0 bridgehead atoms. The maximum atomic E-state index is 13.4. The van der Waals surface area contributed by atoms with Gasteiger partial charge in [0, 0.05) is 59.6 Å². The van der Waals surface area contributed by atoms with Crippen LogP contribution >= 0.6 is 0 Å². The van der Waals surface area contributed by atoms with E-state index < -0.39 is 30.9 Å². The normalized spacial score (nSPS) is 19.8. The lowest BCUT2D eigenvalue weighted by molar-refractivity contribution is -0.130. The Labute approximate surface area is 227 Å². The van der Waals surface area contributed by atoms with Crippen LogP contribution in [0.4, 0.5) is 18.9 Å². The van der Waals surface area contributed by atoms with Crippen LogP contribution in [0.3, 0.4) is 0 Å². The molecule has 3 aromatic rings. The number of carbonyl (C=O) groups is 1. The van der Waals surface area contributed by atoms with E-state index in [9.17, 15) is 33.3 Å². The van der Waals surface area contributed by atoms with Gasteiger partial charge >= 0.3 is 12.1 Å². The molecular formula is C30H28F3N2O5+. The highest BCUT2D eigenvalue weighted by Gasteiger charge is 2.38. The van der Waals surface area contributed by atoms with E-state index in [0.717, 1.165) is 15.8 Å². The number of nitrogens with zero attached hydrogens (tertiary/aromatic N) is 2. The van der Waals surface area contributed by atoms with Crippen molar-refractivity contribution < 1.29 is 38.0 Å². The van der Waals surface area contributed by atoms with Gasteiger partial charge in [0.15, 0.2) is 6.54 Å². The summed E-state index contributed by atoms with van der Waals surface area (Å²) in [5.74, 6) is -0.355. The second kappa shape index (κ2) is 9.64. The first-order chi connectivity index (χ1) is 19.0. The molecule has 208 valence electrons. The highest BCUT2D eigenvalue weighted by atomic mass is 19.4. The van der Waals surface area contributed by atoms with Gasteiger partial charge in [-0.05, 0) is 36.2 Å². The van der Waals surface area contributed by atoms with Crippen LogP contribution in [0.1, 0.15) is 39.5 Å². The van der Waals surface area contributed by atoms with Crippen molar-refractivity contribution >= 4 is 17.2 Å². The number of rotatable bonds is 4. The Morgan fingerprint density at radius 2 is 1.77 bits per heavy atom. The second-order valence-electron chi connectivity index (χ2n) is 10.5. The number of benzene rings is 3. The Morgan fingerprint density at radius 1 is 1.02 bits per heavy atom. The molecule has 0 radical (unpaired) electrons. The minimum Gasteiger partial charge on any atom is -0.478 e. The summed E-state index contributed by atoms with van der Waals surface area (Å²) in [5, 5.41) is 31.8. The molecule has 0 unspecified atom stereocenters. The van der Waals surface area contributed by atoms with Crippen molar-refractivity contribution in [2.24, 2.45) is 0 Å². The summed E-state index contributed by atoms with van der Waals surface area (Å²) in [6, 6.07) is 13.6. The van der Waals surface area contributed by atoms with Crippen LogP contribution in [0.25, 0.3) is 5.57 Å². The van der Waals surface area contributed by atoms with Crippen molar-refractivity contribution in [2.45, 2.75) is 38.1 Å². The number of β-amino-alcohol motifs (C(OH)–C–C–N with tert-alkyl or cyclic N) is 2. The van der Waals surface area contributed by atoms with Crippen molar-refractivity contribution in [1.29, 1.82) is 0 Å². The maximum Gasteiger partial charge on any atom is 0.448 e. The molecule has 3 aromatic carbocycles. The molecule has 3 aliphatic rings. The number of alkyl halides is 3. The number of hydrogen-bond acceptors (Lipinski definition) is 5. The molecule has 0 fully saturated rings. The number of likely N-dealkylation sites (N-methyl/N-ethyl adjacent to an activating group) is 1. The Kier molecular flexibility index (Phi) is 6.35. The number of ether oxygens (including phenoxy) is 1. The van der Waals surface area contributed by atoms with Crippen LogP contribution in [0.15, 0.2) is 48.5 Å². The number of carboxylic acid groups (broad SMARTS) is 1. The van der Waals surface area contributed by atoms with E-state index in [0.29, 0.717) is 63.8 Å².